The fraction of sp³-hybridized carbons (Fsp3) is 0.158. The maximum Gasteiger partial charge on any atom is 0.350 e. The van der Waals surface area contributed by atoms with Crippen molar-refractivity contribution in [2.75, 3.05) is 23.9 Å². The molecule has 54 heavy (non-hydrogen) atoms. The molecule has 3 aromatic heterocycles. The molecule has 0 saturated carbocycles. The number of nitrogens with zero attached hydrogens (tertiary/aromatic N) is 8. The number of benzene rings is 4. The molecule has 0 spiro atoms. The van der Waals surface area contributed by atoms with E-state index in [1.807, 2.05) is 37.1 Å². The number of hydrogen-bond donors (Lipinski definition) is 2. The van der Waals surface area contributed by atoms with Crippen molar-refractivity contribution in [3.05, 3.63) is 126 Å². The topological polar surface area (TPSA) is 190 Å². The fourth-order valence-electron chi connectivity index (χ4n) is 5.58. The SMILES string of the molecule is CC(=O)Oc1ccccc1.Cc1[nH]n2c(C(C)N(C)c3cccc(C(=O)O)c3)nnc2c1OC(=O)c1ccccc1N(C)C(=O)n1nnc2ccccc21. The molecule has 2 N–H and O–H groups in total. The summed E-state index contributed by atoms with van der Waals surface area (Å²) in [5.74, 6) is -0.718. The number of carboxylic acids is 1. The second kappa shape index (κ2) is 15.5. The lowest BCUT2D eigenvalue weighted by Gasteiger charge is -2.25. The maximum atomic E-state index is 13.6. The van der Waals surface area contributed by atoms with Crippen molar-refractivity contribution in [3.63, 3.8) is 0 Å². The number of aromatic carboxylic acids is 1. The van der Waals surface area contributed by atoms with E-state index in [1.165, 1.54) is 22.6 Å². The number of rotatable bonds is 8. The smallest absolute Gasteiger partial charge is 0.350 e. The van der Waals surface area contributed by atoms with Crippen LogP contribution in [0.4, 0.5) is 16.2 Å². The van der Waals surface area contributed by atoms with E-state index in [9.17, 15) is 24.3 Å². The van der Waals surface area contributed by atoms with Crippen LogP contribution in [0.25, 0.3) is 16.7 Å². The van der Waals surface area contributed by atoms with Crippen LogP contribution in [0.2, 0.25) is 0 Å². The Labute approximate surface area is 308 Å². The number of carbonyl (C=O) groups is 4. The highest BCUT2D eigenvalue weighted by molar-refractivity contribution is 6.04. The predicted octanol–water partition coefficient (Wildman–Crippen LogP) is 5.94. The first-order valence-corrected chi connectivity index (χ1v) is 16.6. The van der Waals surface area contributed by atoms with Crippen molar-refractivity contribution in [2.24, 2.45) is 0 Å². The van der Waals surface area contributed by atoms with E-state index in [-0.39, 0.29) is 28.9 Å². The Bertz CT molecular complexity index is 2490. The molecule has 3 heterocycles. The predicted molar refractivity (Wildman–Crippen MR) is 198 cm³/mol. The third kappa shape index (κ3) is 7.48. The molecule has 16 heteroatoms. The van der Waals surface area contributed by atoms with Crippen LogP contribution >= 0.6 is 0 Å². The van der Waals surface area contributed by atoms with Crippen LogP contribution in [0.5, 0.6) is 11.5 Å². The first-order valence-electron chi connectivity index (χ1n) is 16.6. The van der Waals surface area contributed by atoms with Crippen molar-refractivity contribution in [1.29, 1.82) is 0 Å². The van der Waals surface area contributed by atoms with Crippen molar-refractivity contribution in [2.45, 2.75) is 26.8 Å². The summed E-state index contributed by atoms with van der Waals surface area (Å²) in [6.45, 7) is 5.02. The summed E-state index contributed by atoms with van der Waals surface area (Å²) in [5, 5.41) is 29.2. The van der Waals surface area contributed by atoms with Crippen molar-refractivity contribution in [1.82, 2.24) is 34.8 Å². The summed E-state index contributed by atoms with van der Waals surface area (Å²) in [6.07, 6.45) is 0. The van der Waals surface area contributed by atoms with Crippen LogP contribution in [-0.4, -0.2) is 77.9 Å². The van der Waals surface area contributed by atoms with Crippen molar-refractivity contribution >= 4 is 52.0 Å². The van der Waals surface area contributed by atoms with Crippen molar-refractivity contribution in [3.8, 4) is 11.5 Å². The Morgan fingerprint density at radius 2 is 1.54 bits per heavy atom. The second-order valence-electron chi connectivity index (χ2n) is 12.1. The highest BCUT2D eigenvalue weighted by Gasteiger charge is 2.27. The van der Waals surface area contributed by atoms with E-state index in [1.54, 1.807) is 97.3 Å². The number of fused-ring (bicyclic) bond motifs is 2. The van der Waals surface area contributed by atoms with E-state index in [0.717, 1.165) is 0 Å². The average molecular weight is 730 g/mol. The van der Waals surface area contributed by atoms with Gasteiger partial charge in [-0.25, -0.2) is 18.9 Å². The normalized spacial score (nSPS) is 11.4. The van der Waals surface area contributed by atoms with Gasteiger partial charge in [-0.05, 0) is 68.4 Å². The van der Waals surface area contributed by atoms with E-state index in [4.69, 9.17) is 9.47 Å². The highest BCUT2D eigenvalue weighted by atomic mass is 16.5. The first-order chi connectivity index (χ1) is 25.9. The molecule has 0 saturated heterocycles. The van der Waals surface area contributed by atoms with Crippen LogP contribution in [0.1, 0.15) is 52.1 Å². The molecule has 0 fully saturated rings. The third-order valence-electron chi connectivity index (χ3n) is 8.47. The lowest BCUT2D eigenvalue weighted by atomic mass is 10.1. The number of nitrogens with one attached hydrogen (secondary N) is 1. The second-order valence-corrected chi connectivity index (χ2v) is 12.1. The number of anilines is 2. The zero-order chi connectivity index (χ0) is 38.5. The van der Waals surface area contributed by atoms with Gasteiger partial charge in [0.1, 0.15) is 11.3 Å². The summed E-state index contributed by atoms with van der Waals surface area (Å²) in [7, 11) is 3.36. The summed E-state index contributed by atoms with van der Waals surface area (Å²) < 4.78 is 13.4. The Morgan fingerprint density at radius 1 is 0.833 bits per heavy atom. The third-order valence-corrected chi connectivity index (χ3v) is 8.47. The molecule has 7 aromatic rings. The van der Waals surface area contributed by atoms with Gasteiger partial charge in [-0.1, -0.05) is 53.7 Å². The van der Waals surface area contributed by atoms with E-state index < -0.39 is 18.0 Å². The van der Waals surface area contributed by atoms with Gasteiger partial charge in [0.25, 0.3) is 0 Å². The number of aryl methyl sites for hydroxylation is 1. The van der Waals surface area contributed by atoms with Gasteiger partial charge in [-0.15, -0.1) is 15.3 Å². The lowest BCUT2D eigenvalue weighted by Crippen LogP contribution is -2.33. The van der Waals surface area contributed by atoms with E-state index >= 15 is 0 Å². The van der Waals surface area contributed by atoms with Gasteiger partial charge in [-0.2, -0.15) is 4.68 Å². The van der Waals surface area contributed by atoms with Gasteiger partial charge >= 0.3 is 23.9 Å². The number of hydrogen-bond acceptors (Lipinski definition) is 11. The minimum Gasteiger partial charge on any atom is -0.478 e. The number of H-pyrrole nitrogens is 1. The molecular weight excluding hydrogens is 694 g/mol. The van der Waals surface area contributed by atoms with Crippen molar-refractivity contribution < 1.29 is 33.8 Å². The van der Waals surface area contributed by atoms with Gasteiger partial charge < -0.3 is 19.5 Å². The number of carbonyl (C=O) groups excluding carboxylic acids is 3. The number of para-hydroxylation sites is 3. The molecule has 1 unspecified atom stereocenters. The largest absolute Gasteiger partial charge is 0.478 e. The average Bonchev–Trinajstić information content (AvgIpc) is 3.88. The van der Waals surface area contributed by atoms with Crippen LogP contribution < -0.4 is 19.3 Å². The summed E-state index contributed by atoms with van der Waals surface area (Å²) in [6, 6.07) is 28.4. The van der Waals surface area contributed by atoms with Crippen LogP contribution in [0.15, 0.2) is 103 Å². The zero-order valence-electron chi connectivity index (χ0n) is 29.9. The number of ether oxygens (including phenoxy) is 2. The molecule has 0 aliphatic carbocycles. The van der Waals surface area contributed by atoms with Gasteiger partial charge in [0.15, 0.2) is 11.6 Å². The zero-order valence-corrected chi connectivity index (χ0v) is 29.9. The summed E-state index contributed by atoms with van der Waals surface area (Å²) in [5.41, 5.74) is 3.23. The Kier molecular flexibility index (Phi) is 10.4. The molecule has 0 aliphatic heterocycles. The van der Waals surface area contributed by atoms with Crippen LogP contribution in [0, 0.1) is 6.92 Å². The standard InChI is InChI=1S/C30H27N9O5.C8H8O2/c1-17-25(27-33-32-26(39(27)34-17)18(2)36(3)20-11-9-10-19(16-20)28(40)41)44-29(42)21-12-5-7-14-23(21)37(4)30(43)38-24-15-8-6-13-22(24)31-35-38;1-7(9)10-8-5-3-2-4-6-8/h5-16,18,34H,1-4H3,(H,40,41);2-6H,1H3. The molecule has 274 valence electrons. The van der Waals surface area contributed by atoms with E-state index in [2.05, 4.69) is 25.6 Å². The Balaban J connectivity index is 0.000000432. The van der Waals surface area contributed by atoms with E-state index in [0.29, 0.717) is 45.3 Å². The first kappa shape index (κ1) is 36.4. The summed E-state index contributed by atoms with van der Waals surface area (Å²) in [4.78, 5) is 52.0. The number of aromatic amines is 1. The number of aromatic nitrogens is 7. The quantitative estimate of drug-likeness (QED) is 0.138. The lowest BCUT2D eigenvalue weighted by molar-refractivity contribution is -0.131. The van der Waals surface area contributed by atoms with Gasteiger partial charge in [-0.3, -0.25) is 14.8 Å². The molecule has 0 aliphatic rings. The molecule has 1 atom stereocenters. The Morgan fingerprint density at radius 3 is 2.28 bits per heavy atom. The van der Waals surface area contributed by atoms with Crippen LogP contribution in [-0.2, 0) is 4.79 Å². The maximum absolute atomic E-state index is 13.6. The fourth-order valence-corrected chi connectivity index (χ4v) is 5.58. The number of esters is 2. The highest BCUT2D eigenvalue weighted by Crippen LogP contribution is 2.31. The monoisotopic (exact) mass is 729 g/mol. The van der Waals surface area contributed by atoms with Gasteiger partial charge in [0.05, 0.1) is 34.1 Å². The molecule has 4 aromatic carbocycles. The summed E-state index contributed by atoms with van der Waals surface area (Å²) >= 11 is 0. The minimum atomic E-state index is -1.02. The molecule has 16 nitrogen and oxygen atoms in total. The van der Waals surface area contributed by atoms with Crippen LogP contribution in [0.3, 0.4) is 0 Å². The molecule has 7 rings (SSSR count). The number of amides is 1. The molecule has 0 radical (unpaired) electrons. The Hall–Kier alpha value is -7.36. The molecule has 0 bridgehead atoms. The van der Waals surface area contributed by atoms with Gasteiger partial charge in [0.2, 0.25) is 5.65 Å². The minimum absolute atomic E-state index is 0.151. The van der Waals surface area contributed by atoms with Gasteiger partial charge in [0, 0.05) is 26.7 Å². The molecular formula is C38H35N9O7. The molecule has 1 amide bonds. The number of carboxylic acid groups (broad SMARTS) is 1.